The van der Waals surface area contributed by atoms with E-state index in [9.17, 15) is 0 Å². The van der Waals surface area contributed by atoms with Gasteiger partial charge >= 0.3 is 29.6 Å². The third-order valence-corrected chi connectivity index (χ3v) is 0. The molecular weight excluding hydrogens is 133 g/mol. The zero-order valence-corrected chi connectivity index (χ0v) is 7.47. The zero-order valence-electron chi connectivity index (χ0n) is 5.47. The molecule has 48 valence electrons. The van der Waals surface area contributed by atoms with Gasteiger partial charge < -0.3 is 21.4 Å². The Bertz CT molecular complexity index is 75.1. The number of carbonyl (C=O) groups is 1. The largest absolute Gasteiger partial charge is 1.00 e. The van der Waals surface area contributed by atoms with Crippen LogP contribution in [0.3, 0.4) is 0 Å². The summed E-state index contributed by atoms with van der Waals surface area (Å²) in [5, 5.41) is 14.9. The molecule has 0 rings (SSSR count). The van der Waals surface area contributed by atoms with Gasteiger partial charge in [-0.05, 0) is 6.92 Å². The summed E-state index contributed by atoms with van der Waals surface area (Å²) in [5.41, 5.74) is 8.94. The fourth-order valence-corrected chi connectivity index (χ4v) is 0. The number of rotatable bonds is 0. The van der Waals surface area contributed by atoms with Crippen molar-refractivity contribution in [1.29, 1.82) is 5.41 Å². The van der Waals surface area contributed by atoms with Crippen LogP contribution in [0.4, 0.5) is 0 Å². The van der Waals surface area contributed by atoms with Gasteiger partial charge in [-0.3, -0.25) is 5.41 Å². The summed E-state index contributed by atoms with van der Waals surface area (Å²) < 4.78 is 0. The molecule has 0 aliphatic carbocycles. The molecule has 5 N–H and O–H groups in total. The molecule has 0 bridgehead atoms. The van der Waals surface area contributed by atoms with Crippen LogP contribution in [0.15, 0.2) is 0 Å². The molecule has 5 nitrogen and oxygen atoms in total. The summed E-state index contributed by atoms with van der Waals surface area (Å²) in [4.78, 5) is 8.89. The van der Waals surface area contributed by atoms with Gasteiger partial charge in [-0.1, -0.05) is 0 Å². The van der Waals surface area contributed by atoms with Crippen LogP contribution in [0.2, 0.25) is 0 Å². The van der Waals surface area contributed by atoms with E-state index in [1.807, 2.05) is 0 Å². The first-order valence-corrected chi connectivity index (χ1v) is 1.74. The predicted molar refractivity (Wildman–Crippen MR) is 26.8 cm³/mol. The standard InChI is InChI=1S/C2H4O2.CH5N3.Na/c1-2(3)4;2-1(3)4;/h1H3,(H,3,4);(H5,2,3,4);/q;;+1/p-1. The molecule has 0 aliphatic heterocycles. The maximum Gasteiger partial charge on any atom is 1.00 e. The first-order chi connectivity index (χ1) is 3.46. The van der Waals surface area contributed by atoms with Gasteiger partial charge in [-0.25, -0.2) is 0 Å². The van der Waals surface area contributed by atoms with Gasteiger partial charge in [0.2, 0.25) is 0 Å². The van der Waals surface area contributed by atoms with Crippen LogP contribution in [0.5, 0.6) is 0 Å². The quantitative estimate of drug-likeness (QED) is 0.177. The molecule has 0 unspecified atom stereocenters. The predicted octanol–water partition coefficient (Wildman–Crippen LogP) is -5.40. The van der Waals surface area contributed by atoms with Crippen LogP contribution in [-0.4, -0.2) is 11.9 Å². The number of hydrogen-bond acceptors (Lipinski definition) is 3. The minimum atomic E-state index is -1.08. The smallest absolute Gasteiger partial charge is 0.550 e. The van der Waals surface area contributed by atoms with E-state index in [0.717, 1.165) is 6.92 Å². The molecular formula is C3H8N3NaO2. The third kappa shape index (κ3) is 3770. The molecule has 0 fully saturated rings. The van der Waals surface area contributed by atoms with Crippen molar-refractivity contribution in [3.05, 3.63) is 0 Å². The fraction of sp³-hybridized carbons (Fsp3) is 0.333. The van der Waals surface area contributed by atoms with E-state index in [-0.39, 0.29) is 35.5 Å². The molecule has 0 radical (unpaired) electrons. The van der Waals surface area contributed by atoms with E-state index in [1.165, 1.54) is 0 Å². The Kier molecular flexibility index (Phi) is 18.8. The van der Waals surface area contributed by atoms with E-state index in [4.69, 9.17) is 15.3 Å². The van der Waals surface area contributed by atoms with Gasteiger partial charge in [-0.15, -0.1) is 0 Å². The summed E-state index contributed by atoms with van der Waals surface area (Å²) in [6, 6.07) is 0. The maximum atomic E-state index is 8.89. The number of hydrogen-bond donors (Lipinski definition) is 3. The van der Waals surface area contributed by atoms with Crippen molar-refractivity contribution in [3.63, 3.8) is 0 Å². The van der Waals surface area contributed by atoms with E-state index >= 15 is 0 Å². The zero-order chi connectivity index (χ0) is 7.15. The second-order valence-corrected chi connectivity index (χ2v) is 0.947. The summed E-state index contributed by atoms with van der Waals surface area (Å²) in [5.74, 6) is -1.42. The average Bonchev–Trinajstić information content (AvgIpc) is 1.25. The average molecular weight is 141 g/mol. The van der Waals surface area contributed by atoms with Gasteiger partial charge in [0.25, 0.3) is 0 Å². The van der Waals surface area contributed by atoms with Crippen molar-refractivity contribution in [3.8, 4) is 0 Å². The van der Waals surface area contributed by atoms with Crippen LogP contribution in [0.25, 0.3) is 0 Å². The molecule has 0 aromatic heterocycles. The van der Waals surface area contributed by atoms with Gasteiger partial charge in [0, 0.05) is 5.97 Å². The second kappa shape index (κ2) is 10.7. The summed E-state index contributed by atoms with van der Waals surface area (Å²) in [6.07, 6.45) is 0. The Hall–Kier alpha value is -0.260. The van der Waals surface area contributed by atoms with Crippen molar-refractivity contribution >= 4 is 11.9 Å². The van der Waals surface area contributed by atoms with Crippen LogP contribution in [-0.2, 0) is 4.79 Å². The second-order valence-electron chi connectivity index (χ2n) is 0.947. The van der Waals surface area contributed by atoms with Crippen molar-refractivity contribution in [1.82, 2.24) is 0 Å². The van der Waals surface area contributed by atoms with Crippen LogP contribution >= 0.6 is 0 Å². The Morgan fingerprint density at radius 2 is 1.56 bits per heavy atom. The van der Waals surface area contributed by atoms with Crippen LogP contribution < -0.4 is 46.1 Å². The maximum absolute atomic E-state index is 8.89. The summed E-state index contributed by atoms with van der Waals surface area (Å²) in [6.45, 7) is 0.972. The number of carbonyl (C=O) groups excluding carboxylic acids is 1. The monoisotopic (exact) mass is 141 g/mol. The number of nitrogens with two attached hydrogens (primary N) is 2. The van der Waals surface area contributed by atoms with Crippen LogP contribution in [0, 0.1) is 5.41 Å². The summed E-state index contributed by atoms with van der Waals surface area (Å²) in [7, 11) is 0. The number of guanidine groups is 1. The van der Waals surface area contributed by atoms with Crippen molar-refractivity contribution in [2.45, 2.75) is 6.92 Å². The van der Waals surface area contributed by atoms with Crippen molar-refractivity contribution in [2.24, 2.45) is 11.5 Å². The molecule has 0 heterocycles. The molecule has 0 aliphatic rings. The van der Waals surface area contributed by atoms with Gasteiger partial charge in [-0.2, -0.15) is 0 Å². The van der Waals surface area contributed by atoms with Gasteiger partial charge in [0.15, 0.2) is 5.96 Å². The Labute approximate surface area is 75.2 Å². The van der Waals surface area contributed by atoms with Crippen molar-refractivity contribution in [2.75, 3.05) is 0 Å². The third-order valence-electron chi connectivity index (χ3n) is 0. The molecule has 0 aromatic rings. The minimum absolute atomic E-state index is 0. The molecule has 9 heavy (non-hydrogen) atoms. The van der Waals surface area contributed by atoms with E-state index < -0.39 is 5.97 Å². The normalized spacial score (nSPS) is 5.44. The minimum Gasteiger partial charge on any atom is -0.550 e. The molecule has 0 saturated carbocycles. The van der Waals surface area contributed by atoms with Gasteiger partial charge in [0.05, 0.1) is 0 Å². The SMILES string of the molecule is CC(=O)[O-].N=C(N)N.[Na+]. The van der Waals surface area contributed by atoms with Gasteiger partial charge in [0.1, 0.15) is 0 Å². The Balaban J connectivity index is -0.0000000720. The summed E-state index contributed by atoms with van der Waals surface area (Å²) >= 11 is 0. The first-order valence-electron chi connectivity index (χ1n) is 1.74. The topological polar surface area (TPSA) is 116 Å². The molecule has 6 heteroatoms. The van der Waals surface area contributed by atoms with Crippen molar-refractivity contribution < 1.29 is 39.5 Å². The number of carboxylic acid groups (broad SMARTS) is 1. The first kappa shape index (κ1) is 15.9. The van der Waals surface area contributed by atoms with Crippen LogP contribution in [0.1, 0.15) is 6.92 Å². The van der Waals surface area contributed by atoms with E-state index in [1.54, 1.807) is 0 Å². The fourth-order valence-electron chi connectivity index (χ4n) is 0. The molecule has 0 aromatic carbocycles. The molecule has 0 atom stereocenters. The molecule has 0 spiro atoms. The Morgan fingerprint density at radius 3 is 1.56 bits per heavy atom. The number of carboxylic acids is 1. The number of nitrogens with one attached hydrogen (secondary N) is 1. The number of aliphatic carboxylic acids is 1. The Morgan fingerprint density at radius 1 is 1.56 bits per heavy atom. The molecule has 0 amide bonds. The molecule has 0 saturated heterocycles. The van der Waals surface area contributed by atoms with E-state index in [0.29, 0.717) is 0 Å². The van der Waals surface area contributed by atoms with E-state index in [2.05, 4.69) is 11.5 Å².